The average molecular weight is 523 g/mol. The molecule has 0 unspecified atom stereocenters. The number of hydrogen-bond donors (Lipinski definition) is 1. The number of imidazole rings is 1. The molecule has 2 aromatic carbocycles. The number of thiazole rings is 1. The molecule has 0 saturated carbocycles. The van der Waals surface area contributed by atoms with Gasteiger partial charge in [0.15, 0.2) is 0 Å². The van der Waals surface area contributed by atoms with Crippen LogP contribution < -0.4 is 5.43 Å². The van der Waals surface area contributed by atoms with E-state index in [1.54, 1.807) is 41.8 Å². The van der Waals surface area contributed by atoms with E-state index in [4.69, 9.17) is 11.6 Å². The Morgan fingerprint density at radius 1 is 1.00 bits per heavy atom. The van der Waals surface area contributed by atoms with Crippen molar-refractivity contribution in [3.63, 3.8) is 0 Å². The van der Waals surface area contributed by atoms with Gasteiger partial charge in [-0.05, 0) is 36.4 Å². The van der Waals surface area contributed by atoms with Crippen molar-refractivity contribution in [2.45, 2.75) is 6.18 Å². The van der Waals surface area contributed by atoms with E-state index in [-0.39, 0.29) is 16.5 Å². The van der Waals surface area contributed by atoms with Gasteiger partial charge < -0.3 is 0 Å². The van der Waals surface area contributed by atoms with E-state index in [0.717, 1.165) is 10.1 Å². The summed E-state index contributed by atoms with van der Waals surface area (Å²) in [6.07, 6.45) is -3.25. The normalized spacial score (nSPS) is 12.1. The van der Waals surface area contributed by atoms with Gasteiger partial charge in [-0.25, -0.2) is 18.9 Å². The number of aromatic nitrogens is 4. The minimum atomic E-state index is -4.59. The molecular weight excluding hydrogens is 512 g/mol. The largest absolute Gasteiger partial charge is 0.445 e. The summed E-state index contributed by atoms with van der Waals surface area (Å²) in [5.41, 5.74) is 5.44. The van der Waals surface area contributed by atoms with Crippen LogP contribution in [-0.4, -0.2) is 25.8 Å². The van der Waals surface area contributed by atoms with Crippen molar-refractivity contribution >= 4 is 50.6 Å². The second-order valence-electron chi connectivity index (χ2n) is 6.87. The SMILES string of the molecule is Fc1ccc(-c2csc(N/N=C/c3c(-c4ccc(Cl)cc4)nc4sc(C(F)(F)F)nn34)n2)cc1. The summed E-state index contributed by atoms with van der Waals surface area (Å²) in [4.78, 5) is 8.80. The number of rotatable bonds is 5. The molecule has 0 fully saturated rings. The standard InChI is InChI=1S/C21H11ClF4N6S2/c22-13-5-1-12(2-6-13)17-16(32-20(29-17)34-18(31-32)21(24,25)26)9-27-30-19-28-15(10-33-19)11-3-7-14(23)8-4-11/h1-10H,(H,28,30)/b27-9+. The van der Waals surface area contributed by atoms with Crippen molar-refractivity contribution in [2.75, 3.05) is 5.43 Å². The molecule has 0 spiro atoms. The molecule has 0 radical (unpaired) electrons. The maximum absolute atomic E-state index is 13.2. The van der Waals surface area contributed by atoms with Gasteiger partial charge in [0.2, 0.25) is 15.1 Å². The van der Waals surface area contributed by atoms with E-state index in [2.05, 4.69) is 25.6 Å². The van der Waals surface area contributed by atoms with Gasteiger partial charge in [0.05, 0.1) is 11.9 Å². The first kappa shape index (κ1) is 22.4. The predicted octanol–water partition coefficient (Wildman–Crippen LogP) is 6.84. The number of hydrogen-bond acceptors (Lipinski definition) is 7. The summed E-state index contributed by atoms with van der Waals surface area (Å²) in [6, 6.07) is 12.6. The molecular formula is C21H11ClF4N6S2. The minimum absolute atomic E-state index is 0.0755. The highest BCUT2D eigenvalue weighted by molar-refractivity contribution is 7.16. The van der Waals surface area contributed by atoms with Crippen LogP contribution in [0, 0.1) is 5.82 Å². The molecule has 0 aliphatic carbocycles. The first-order chi connectivity index (χ1) is 16.3. The van der Waals surface area contributed by atoms with Crippen LogP contribution in [0.4, 0.5) is 22.7 Å². The lowest BCUT2D eigenvalue weighted by Gasteiger charge is -2.01. The van der Waals surface area contributed by atoms with Crippen LogP contribution in [0.3, 0.4) is 0 Å². The first-order valence-corrected chi connectivity index (χ1v) is 11.6. The van der Waals surface area contributed by atoms with Crippen LogP contribution in [0.25, 0.3) is 27.5 Å². The fraction of sp³-hybridized carbons (Fsp3) is 0.0476. The van der Waals surface area contributed by atoms with Crippen LogP contribution in [-0.2, 0) is 6.18 Å². The van der Waals surface area contributed by atoms with E-state index >= 15 is 0 Å². The van der Waals surface area contributed by atoms with Gasteiger partial charge in [-0.15, -0.1) is 16.4 Å². The third kappa shape index (κ3) is 4.52. The molecule has 0 aliphatic rings. The van der Waals surface area contributed by atoms with E-state index in [1.165, 1.54) is 29.7 Å². The zero-order valence-corrected chi connectivity index (χ0v) is 19.1. The molecule has 1 N–H and O–H groups in total. The van der Waals surface area contributed by atoms with E-state index in [1.807, 2.05) is 0 Å². The molecule has 3 heterocycles. The number of fused-ring (bicyclic) bond motifs is 1. The van der Waals surface area contributed by atoms with Crippen LogP contribution in [0.2, 0.25) is 5.02 Å². The molecule has 0 saturated heterocycles. The summed E-state index contributed by atoms with van der Waals surface area (Å²) < 4.78 is 53.7. The lowest BCUT2D eigenvalue weighted by molar-refractivity contribution is -0.138. The van der Waals surface area contributed by atoms with Crippen molar-refractivity contribution in [3.8, 4) is 22.5 Å². The lowest BCUT2D eigenvalue weighted by Crippen LogP contribution is -2.06. The smallest absolute Gasteiger partial charge is 0.253 e. The van der Waals surface area contributed by atoms with Gasteiger partial charge >= 0.3 is 6.18 Å². The van der Waals surface area contributed by atoms with Crippen molar-refractivity contribution in [2.24, 2.45) is 5.10 Å². The van der Waals surface area contributed by atoms with Gasteiger partial charge in [0, 0.05) is 21.5 Å². The number of halogens is 5. The number of benzene rings is 2. The van der Waals surface area contributed by atoms with E-state index in [0.29, 0.717) is 38.4 Å². The zero-order valence-electron chi connectivity index (χ0n) is 16.7. The Morgan fingerprint density at radius 2 is 1.71 bits per heavy atom. The first-order valence-electron chi connectivity index (χ1n) is 9.51. The van der Waals surface area contributed by atoms with Crippen molar-refractivity contribution < 1.29 is 17.6 Å². The average Bonchev–Trinajstić information content (AvgIpc) is 3.50. The molecule has 6 nitrogen and oxygen atoms in total. The third-order valence-corrected chi connectivity index (χ3v) is 6.54. The Hall–Kier alpha value is -3.35. The van der Waals surface area contributed by atoms with E-state index in [9.17, 15) is 17.6 Å². The van der Waals surface area contributed by atoms with Crippen LogP contribution in [0.15, 0.2) is 59.0 Å². The van der Waals surface area contributed by atoms with Crippen molar-refractivity contribution in [1.82, 2.24) is 19.6 Å². The molecule has 0 bridgehead atoms. The molecule has 5 aromatic rings. The number of hydrazone groups is 1. The summed E-state index contributed by atoms with van der Waals surface area (Å²) in [5, 5.41) is 9.54. The fourth-order valence-corrected chi connectivity index (χ4v) is 4.61. The minimum Gasteiger partial charge on any atom is -0.253 e. The predicted molar refractivity (Wildman–Crippen MR) is 125 cm³/mol. The Balaban J connectivity index is 1.46. The monoisotopic (exact) mass is 522 g/mol. The fourth-order valence-electron chi connectivity index (χ4n) is 3.04. The zero-order chi connectivity index (χ0) is 23.9. The molecule has 0 aliphatic heterocycles. The highest BCUT2D eigenvalue weighted by atomic mass is 35.5. The molecule has 34 heavy (non-hydrogen) atoms. The topological polar surface area (TPSA) is 67.5 Å². The van der Waals surface area contributed by atoms with Crippen molar-refractivity contribution in [3.05, 3.63) is 75.5 Å². The highest BCUT2D eigenvalue weighted by Gasteiger charge is 2.36. The Labute approximate surface area is 202 Å². The molecule has 5 rings (SSSR count). The van der Waals surface area contributed by atoms with Crippen LogP contribution in [0.1, 0.15) is 10.7 Å². The molecule has 0 atom stereocenters. The molecule has 172 valence electrons. The number of nitrogens with one attached hydrogen (secondary N) is 1. The molecule has 0 amide bonds. The Kier molecular flexibility index (Phi) is 5.80. The van der Waals surface area contributed by atoms with Crippen LogP contribution in [0.5, 0.6) is 0 Å². The summed E-state index contributed by atoms with van der Waals surface area (Å²) >= 11 is 7.66. The summed E-state index contributed by atoms with van der Waals surface area (Å²) in [5.74, 6) is -0.346. The summed E-state index contributed by atoms with van der Waals surface area (Å²) in [6.45, 7) is 0. The van der Waals surface area contributed by atoms with Crippen LogP contribution >= 0.6 is 34.3 Å². The Morgan fingerprint density at radius 3 is 2.41 bits per heavy atom. The highest BCUT2D eigenvalue weighted by Crippen LogP contribution is 2.35. The second-order valence-corrected chi connectivity index (χ2v) is 9.12. The summed E-state index contributed by atoms with van der Waals surface area (Å²) in [7, 11) is 0. The second kappa shape index (κ2) is 8.78. The number of alkyl halides is 3. The molecule has 13 heteroatoms. The third-order valence-electron chi connectivity index (χ3n) is 4.59. The quantitative estimate of drug-likeness (QED) is 0.156. The lowest BCUT2D eigenvalue weighted by atomic mass is 10.1. The maximum atomic E-state index is 13.2. The maximum Gasteiger partial charge on any atom is 0.445 e. The number of nitrogens with zero attached hydrogens (tertiary/aromatic N) is 5. The van der Waals surface area contributed by atoms with Gasteiger partial charge in [0.1, 0.15) is 17.2 Å². The van der Waals surface area contributed by atoms with E-state index < -0.39 is 11.2 Å². The van der Waals surface area contributed by atoms with Gasteiger partial charge in [0.25, 0.3) is 0 Å². The van der Waals surface area contributed by atoms with Gasteiger partial charge in [-0.3, -0.25) is 5.43 Å². The Bertz CT molecular complexity index is 1490. The number of anilines is 1. The van der Waals surface area contributed by atoms with Gasteiger partial charge in [-0.1, -0.05) is 35.1 Å². The molecule has 3 aromatic heterocycles. The van der Waals surface area contributed by atoms with Crippen molar-refractivity contribution in [1.29, 1.82) is 0 Å². The van der Waals surface area contributed by atoms with Gasteiger partial charge in [-0.2, -0.15) is 18.3 Å².